The fourth-order valence-corrected chi connectivity index (χ4v) is 7.05. The molecule has 222 valence electrons. The standard InChI is InChI=1S/C28H39F3N4O5/c1-4-19(36)18(13-16-11-8-12-32-23(16)37)33-24(38)22-20-17(27(20,2)3)14-35(22)25(39)21(15-9-6-5-7-10-15)34-26(40)28(29,30)31/h4,15-18,20-22H,1,5-14H2,2-3H3,(H,32,37)(H,33,38)(H,34,40)/t16-,17-,18-,20-,21-,22-/m0/s1. The molecule has 2 aliphatic carbocycles. The number of likely N-dealkylation sites (tertiary alicyclic amines) is 1. The molecular weight excluding hydrogens is 529 g/mol. The molecule has 6 atom stereocenters. The van der Waals surface area contributed by atoms with E-state index >= 15 is 0 Å². The van der Waals surface area contributed by atoms with Gasteiger partial charge >= 0.3 is 12.1 Å². The molecule has 3 N–H and O–H groups in total. The van der Waals surface area contributed by atoms with Gasteiger partial charge in [-0.05, 0) is 61.3 Å². The zero-order valence-corrected chi connectivity index (χ0v) is 23.0. The van der Waals surface area contributed by atoms with Gasteiger partial charge in [0.05, 0.1) is 6.04 Å². The summed E-state index contributed by atoms with van der Waals surface area (Å²) in [6.45, 7) is 8.16. The molecule has 40 heavy (non-hydrogen) atoms. The first-order valence-electron chi connectivity index (χ1n) is 14.2. The summed E-state index contributed by atoms with van der Waals surface area (Å²) in [6.07, 6.45) is 0.681. The second-order valence-corrected chi connectivity index (χ2v) is 12.3. The molecule has 0 radical (unpaired) electrons. The van der Waals surface area contributed by atoms with Gasteiger partial charge in [0, 0.05) is 19.0 Å². The van der Waals surface area contributed by atoms with Gasteiger partial charge in [-0.25, -0.2) is 0 Å². The Morgan fingerprint density at radius 2 is 1.77 bits per heavy atom. The van der Waals surface area contributed by atoms with Crippen LogP contribution in [0.4, 0.5) is 13.2 Å². The third-order valence-corrected chi connectivity index (χ3v) is 9.47. The number of carbonyl (C=O) groups excluding carboxylic acids is 5. The molecule has 2 saturated carbocycles. The molecule has 0 aromatic heterocycles. The van der Waals surface area contributed by atoms with Crippen LogP contribution in [0, 0.1) is 29.1 Å². The van der Waals surface area contributed by atoms with Gasteiger partial charge in [-0.2, -0.15) is 13.2 Å². The smallest absolute Gasteiger partial charge is 0.356 e. The number of carbonyl (C=O) groups is 5. The molecule has 0 bridgehead atoms. The summed E-state index contributed by atoms with van der Waals surface area (Å²) >= 11 is 0. The van der Waals surface area contributed by atoms with Crippen LogP contribution in [0.2, 0.25) is 0 Å². The number of amides is 4. The van der Waals surface area contributed by atoms with Gasteiger partial charge in [0.2, 0.25) is 17.7 Å². The highest BCUT2D eigenvalue weighted by Crippen LogP contribution is 2.65. The van der Waals surface area contributed by atoms with Crippen LogP contribution in [0.25, 0.3) is 0 Å². The van der Waals surface area contributed by atoms with Crippen molar-refractivity contribution in [2.75, 3.05) is 13.1 Å². The van der Waals surface area contributed by atoms with E-state index in [0.717, 1.165) is 31.8 Å². The predicted molar refractivity (Wildman–Crippen MR) is 138 cm³/mol. The number of piperidine rings is 2. The predicted octanol–water partition coefficient (Wildman–Crippen LogP) is 2.25. The fourth-order valence-electron chi connectivity index (χ4n) is 7.05. The Kier molecular flexibility index (Phi) is 8.65. The van der Waals surface area contributed by atoms with Crippen molar-refractivity contribution in [1.82, 2.24) is 20.9 Å². The SMILES string of the molecule is C=CC(=O)[C@H](C[C@@H]1CCCNC1=O)NC(=O)[C@@H]1[C@@H]2[C@H](CN1C(=O)[C@@H](NC(=O)C(F)(F)F)C1CCCCC1)C2(C)C. The molecule has 12 heteroatoms. The van der Waals surface area contributed by atoms with Crippen LogP contribution in [-0.4, -0.2) is 71.7 Å². The van der Waals surface area contributed by atoms with Crippen LogP contribution in [0.1, 0.15) is 65.2 Å². The molecule has 4 amide bonds. The maximum Gasteiger partial charge on any atom is 0.471 e. The average Bonchev–Trinajstić information content (AvgIpc) is 3.23. The first kappa shape index (κ1) is 30.0. The van der Waals surface area contributed by atoms with Crippen molar-refractivity contribution in [1.29, 1.82) is 0 Å². The lowest BCUT2D eigenvalue weighted by atomic mass is 9.83. The van der Waals surface area contributed by atoms with E-state index in [-0.39, 0.29) is 36.1 Å². The van der Waals surface area contributed by atoms with E-state index in [1.807, 2.05) is 19.2 Å². The quantitative estimate of drug-likeness (QED) is 0.368. The number of fused-ring (bicyclic) bond motifs is 1. The first-order valence-corrected chi connectivity index (χ1v) is 14.2. The van der Waals surface area contributed by atoms with E-state index in [9.17, 15) is 37.1 Å². The minimum absolute atomic E-state index is 0.0461. The third-order valence-electron chi connectivity index (χ3n) is 9.47. The van der Waals surface area contributed by atoms with Crippen LogP contribution >= 0.6 is 0 Å². The largest absolute Gasteiger partial charge is 0.471 e. The number of nitrogens with one attached hydrogen (secondary N) is 3. The number of alkyl halides is 3. The summed E-state index contributed by atoms with van der Waals surface area (Å²) in [6, 6.07) is -3.45. The molecular formula is C28H39F3N4O5. The molecule has 2 saturated heterocycles. The number of hydrogen-bond donors (Lipinski definition) is 3. The molecule has 2 heterocycles. The van der Waals surface area contributed by atoms with Crippen LogP contribution in [0.15, 0.2) is 12.7 Å². The van der Waals surface area contributed by atoms with Crippen molar-refractivity contribution >= 4 is 29.4 Å². The van der Waals surface area contributed by atoms with Crippen molar-refractivity contribution in [2.45, 2.75) is 89.5 Å². The Balaban J connectivity index is 1.57. The van der Waals surface area contributed by atoms with Crippen molar-refractivity contribution < 1.29 is 37.1 Å². The molecule has 4 rings (SSSR count). The molecule has 0 spiro atoms. The minimum Gasteiger partial charge on any atom is -0.356 e. The molecule has 4 fully saturated rings. The fraction of sp³-hybridized carbons (Fsp3) is 0.750. The topological polar surface area (TPSA) is 125 Å². The van der Waals surface area contributed by atoms with Crippen LogP contribution in [0.5, 0.6) is 0 Å². The van der Waals surface area contributed by atoms with E-state index < -0.39 is 59.6 Å². The van der Waals surface area contributed by atoms with E-state index in [0.29, 0.717) is 25.8 Å². The summed E-state index contributed by atoms with van der Waals surface area (Å²) in [5.41, 5.74) is -0.282. The van der Waals surface area contributed by atoms with Crippen molar-refractivity contribution in [3.05, 3.63) is 12.7 Å². The van der Waals surface area contributed by atoms with Crippen LogP contribution in [0.3, 0.4) is 0 Å². The first-order chi connectivity index (χ1) is 18.8. The average molecular weight is 569 g/mol. The number of halogens is 3. The minimum atomic E-state index is -5.15. The zero-order valence-electron chi connectivity index (χ0n) is 23.0. The Morgan fingerprint density at radius 3 is 2.38 bits per heavy atom. The summed E-state index contributed by atoms with van der Waals surface area (Å²) in [5, 5.41) is 7.44. The van der Waals surface area contributed by atoms with E-state index in [1.54, 1.807) is 0 Å². The Bertz CT molecular complexity index is 1060. The second-order valence-electron chi connectivity index (χ2n) is 12.3. The highest BCUT2D eigenvalue weighted by molar-refractivity contribution is 5.99. The van der Waals surface area contributed by atoms with Crippen LogP contribution in [-0.2, 0) is 24.0 Å². The summed E-state index contributed by atoms with van der Waals surface area (Å²) in [4.78, 5) is 65.9. The molecule has 2 aliphatic heterocycles. The summed E-state index contributed by atoms with van der Waals surface area (Å²) in [5.74, 6) is -5.37. The Labute approximate surface area is 232 Å². The highest BCUT2D eigenvalue weighted by Gasteiger charge is 2.69. The van der Waals surface area contributed by atoms with Gasteiger partial charge < -0.3 is 20.9 Å². The van der Waals surface area contributed by atoms with Crippen molar-refractivity contribution in [2.24, 2.45) is 29.1 Å². The van der Waals surface area contributed by atoms with E-state index in [4.69, 9.17) is 0 Å². The molecule has 9 nitrogen and oxygen atoms in total. The van der Waals surface area contributed by atoms with E-state index in [2.05, 4.69) is 17.2 Å². The monoisotopic (exact) mass is 568 g/mol. The number of ketones is 1. The van der Waals surface area contributed by atoms with Crippen LogP contribution < -0.4 is 16.0 Å². The number of rotatable bonds is 9. The van der Waals surface area contributed by atoms with Gasteiger partial charge in [0.25, 0.3) is 0 Å². The lowest BCUT2D eigenvalue weighted by Crippen LogP contribution is -2.60. The Morgan fingerprint density at radius 1 is 1.10 bits per heavy atom. The number of nitrogens with zero attached hydrogens (tertiary/aromatic N) is 1. The molecule has 0 aromatic rings. The van der Waals surface area contributed by atoms with Crippen molar-refractivity contribution in [3.8, 4) is 0 Å². The zero-order chi connectivity index (χ0) is 29.4. The normalized spacial score (nSPS) is 29.4. The van der Waals surface area contributed by atoms with Gasteiger partial charge in [0.1, 0.15) is 12.1 Å². The molecule has 4 aliphatic rings. The maximum atomic E-state index is 13.9. The lowest BCUT2D eigenvalue weighted by molar-refractivity contribution is -0.176. The molecule has 0 aromatic carbocycles. The maximum absolute atomic E-state index is 13.9. The van der Waals surface area contributed by atoms with Gasteiger partial charge in [-0.3, -0.25) is 24.0 Å². The van der Waals surface area contributed by atoms with E-state index in [1.165, 1.54) is 4.90 Å². The highest BCUT2D eigenvalue weighted by atomic mass is 19.4. The summed E-state index contributed by atoms with van der Waals surface area (Å²) < 4.78 is 39.6. The second kappa shape index (κ2) is 11.5. The third kappa shape index (κ3) is 6.05. The van der Waals surface area contributed by atoms with Gasteiger partial charge in [0.15, 0.2) is 5.78 Å². The van der Waals surface area contributed by atoms with Gasteiger partial charge in [-0.15, -0.1) is 0 Å². The summed E-state index contributed by atoms with van der Waals surface area (Å²) in [7, 11) is 0. The lowest BCUT2D eigenvalue weighted by Gasteiger charge is -2.37. The number of hydrogen-bond acceptors (Lipinski definition) is 5. The van der Waals surface area contributed by atoms with Gasteiger partial charge in [-0.1, -0.05) is 39.7 Å². The Hall–Kier alpha value is -2.92. The molecule has 0 unspecified atom stereocenters. The van der Waals surface area contributed by atoms with Crippen molar-refractivity contribution in [3.63, 3.8) is 0 Å².